The molecule has 0 heterocycles. The van der Waals surface area contributed by atoms with Crippen molar-refractivity contribution in [2.45, 2.75) is 6.92 Å². The number of ketones is 2. The number of rotatable bonds is 0. The van der Waals surface area contributed by atoms with Crippen molar-refractivity contribution >= 4 is 11.6 Å². The highest BCUT2D eigenvalue weighted by atomic mass is 16.3. The van der Waals surface area contributed by atoms with Crippen molar-refractivity contribution in [3.05, 3.63) is 64.2 Å². The minimum Gasteiger partial charge on any atom is -0.872 e. The summed E-state index contributed by atoms with van der Waals surface area (Å²) in [6.45, 7) is 1.73. The standard InChI is InChI=1S/C15H10O3/c1-8-6-7-11(16)13-12(8)14(17)9-4-2-3-5-10(9)15(13)18/h2-7,16H,1H3/p-1. The molecule has 0 aromatic heterocycles. The number of hydrogen-bond donors (Lipinski definition) is 0. The third kappa shape index (κ3) is 1.24. The van der Waals surface area contributed by atoms with Crippen LogP contribution in [-0.4, -0.2) is 11.6 Å². The van der Waals surface area contributed by atoms with Gasteiger partial charge in [-0.3, -0.25) is 9.59 Å². The normalized spacial score (nSPS) is 13.2. The van der Waals surface area contributed by atoms with E-state index in [-0.39, 0.29) is 28.4 Å². The molecule has 1 aliphatic rings. The summed E-state index contributed by atoms with van der Waals surface area (Å²) in [5.41, 5.74) is 1.63. The van der Waals surface area contributed by atoms with Crippen LogP contribution in [0.2, 0.25) is 0 Å². The predicted octanol–water partition coefficient (Wildman–Crippen LogP) is 1.84. The van der Waals surface area contributed by atoms with E-state index in [1.165, 1.54) is 6.07 Å². The predicted molar refractivity (Wildman–Crippen MR) is 63.9 cm³/mol. The molecule has 0 bridgehead atoms. The Labute approximate surface area is 104 Å². The molecule has 0 spiro atoms. The number of aryl methyl sites for hydroxylation is 1. The molecule has 0 saturated carbocycles. The van der Waals surface area contributed by atoms with E-state index in [9.17, 15) is 14.7 Å². The van der Waals surface area contributed by atoms with Crippen LogP contribution in [0.25, 0.3) is 0 Å². The minimum atomic E-state index is -0.386. The Bertz CT molecular complexity index is 639. The van der Waals surface area contributed by atoms with Gasteiger partial charge in [0.25, 0.3) is 0 Å². The smallest absolute Gasteiger partial charge is 0.194 e. The molecule has 3 nitrogen and oxygen atoms in total. The molecule has 0 radical (unpaired) electrons. The Balaban J connectivity index is 2.41. The average molecular weight is 237 g/mol. The van der Waals surface area contributed by atoms with E-state index < -0.39 is 0 Å². The number of fused-ring (bicyclic) bond motifs is 2. The number of benzene rings is 2. The van der Waals surface area contributed by atoms with Gasteiger partial charge in [0.05, 0.1) is 0 Å². The van der Waals surface area contributed by atoms with Gasteiger partial charge in [0, 0.05) is 22.3 Å². The quantitative estimate of drug-likeness (QED) is 0.599. The molecule has 0 atom stereocenters. The van der Waals surface area contributed by atoms with E-state index in [1.54, 1.807) is 37.3 Å². The second-order valence-electron chi connectivity index (χ2n) is 4.33. The summed E-state index contributed by atoms with van der Waals surface area (Å²) in [5, 5.41) is 11.8. The zero-order valence-corrected chi connectivity index (χ0v) is 9.69. The molecule has 0 saturated heterocycles. The largest absolute Gasteiger partial charge is 0.872 e. The third-order valence-electron chi connectivity index (χ3n) is 3.25. The van der Waals surface area contributed by atoms with E-state index in [0.717, 1.165) is 0 Å². The van der Waals surface area contributed by atoms with Gasteiger partial charge >= 0.3 is 0 Å². The van der Waals surface area contributed by atoms with Crippen LogP contribution >= 0.6 is 0 Å². The van der Waals surface area contributed by atoms with Crippen molar-refractivity contribution < 1.29 is 14.7 Å². The first-order valence-corrected chi connectivity index (χ1v) is 5.60. The van der Waals surface area contributed by atoms with Crippen molar-refractivity contribution in [2.75, 3.05) is 0 Å². The highest BCUT2D eigenvalue weighted by Crippen LogP contribution is 2.33. The van der Waals surface area contributed by atoms with Crippen molar-refractivity contribution in [1.82, 2.24) is 0 Å². The molecule has 0 fully saturated rings. The van der Waals surface area contributed by atoms with Gasteiger partial charge in [0.1, 0.15) is 0 Å². The molecule has 0 unspecified atom stereocenters. The Morgan fingerprint density at radius 3 is 2.00 bits per heavy atom. The van der Waals surface area contributed by atoms with Crippen LogP contribution in [0, 0.1) is 6.92 Å². The van der Waals surface area contributed by atoms with Crippen LogP contribution in [-0.2, 0) is 0 Å². The second-order valence-corrected chi connectivity index (χ2v) is 4.33. The maximum Gasteiger partial charge on any atom is 0.194 e. The van der Waals surface area contributed by atoms with Crippen molar-refractivity contribution in [3.63, 3.8) is 0 Å². The lowest BCUT2D eigenvalue weighted by molar-refractivity contribution is -0.268. The van der Waals surface area contributed by atoms with Gasteiger partial charge in [-0.2, -0.15) is 0 Å². The fourth-order valence-electron chi connectivity index (χ4n) is 2.35. The molecule has 3 heteroatoms. The topological polar surface area (TPSA) is 57.2 Å². The van der Waals surface area contributed by atoms with Gasteiger partial charge in [-0.15, -0.1) is 0 Å². The fraction of sp³-hybridized carbons (Fsp3) is 0.0667. The maximum absolute atomic E-state index is 12.3. The van der Waals surface area contributed by atoms with Crippen LogP contribution in [0.3, 0.4) is 0 Å². The maximum atomic E-state index is 12.3. The summed E-state index contributed by atoms with van der Waals surface area (Å²) in [7, 11) is 0. The highest BCUT2D eigenvalue weighted by Gasteiger charge is 2.30. The van der Waals surface area contributed by atoms with Crippen LogP contribution in [0.5, 0.6) is 5.75 Å². The number of carbonyl (C=O) groups is 2. The van der Waals surface area contributed by atoms with Crippen molar-refractivity contribution in [2.24, 2.45) is 0 Å². The van der Waals surface area contributed by atoms with E-state index in [2.05, 4.69) is 0 Å². The number of carbonyl (C=O) groups excluding carboxylic acids is 2. The lowest BCUT2D eigenvalue weighted by atomic mass is 9.81. The second kappa shape index (κ2) is 3.53. The van der Waals surface area contributed by atoms with Gasteiger partial charge in [0.2, 0.25) is 0 Å². The molecule has 0 aliphatic heterocycles. The summed E-state index contributed by atoms with van der Waals surface area (Å²) in [4.78, 5) is 24.6. The molecule has 1 aliphatic carbocycles. The van der Waals surface area contributed by atoms with E-state index in [0.29, 0.717) is 16.7 Å². The third-order valence-corrected chi connectivity index (χ3v) is 3.25. The van der Waals surface area contributed by atoms with Crippen LogP contribution in [0.4, 0.5) is 0 Å². The summed E-state index contributed by atoms with van der Waals surface area (Å²) < 4.78 is 0. The molecule has 18 heavy (non-hydrogen) atoms. The van der Waals surface area contributed by atoms with Crippen LogP contribution in [0.1, 0.15) is 37.4 Å². The summed E-state index contributed by atoms with van der Waals surface area (Å²) >= 11 is 0. The van der Waals surface area contributed by atoms with Crippen molar-refractivity contribution in [3.8, 4) is 5.75 Å². The lowest BCUT2D eigenvalue weighted by Gasteiger charge is -2.23. The molecule has 3 rings (SSSR count). The van der Waals surface area contributed by atoms with Gasteiger partial charge in [0.15, 0.2) is 11.6 Å². The SMILES string of the molecule is Cc1ccc([O-])c2c1C(=O)c1ccccc1C2=O. The molecule has 2 aromatic rings. The summed E-state index contributed by atoms with van der Waals surface area (Å²) in [6.07, 6.45) is 0. The Morgan fingerprint density at radius 1 is 0.833 bits per heavy atom. The Kier molecular flexibility index (Phi) is 2.10. The first-order valence-electron chi connectivity index (χ1n) is 5.60. The van der Waals surface area contributed by atoms with Crippen LogP contribution in [0.15, 0.2) is 36.4 Å². The zero-order valence-electron chi connectivity index (χ0n) is 9.69. The monoisotopic (exact) mass is 237 g/mol. The first-order chi connectivity index (χ1) is 8.61. The van der Waals surface area contributed by atoms with Gasteiger partial charge in [-0.05, 0) is 12.5 Å². The minimum absolute atomic E-state index is 0.0127. The van der Waals surface area contributed by atoms with Gasteiger partial charge in [-0.25, -0.2) is 0 Å². The highest BCUT2D eigenvalue weighted by molar-refractivity contribution is 6.29. The average Bonchev–Trinajstić information content (AvgIpc) is 2.38. The van der Waals surface area contributed by atoms with E-state index in [1.807, 2.05) is 0 Å². The van der Waals surface area contributed by atoms with E-state index in [4.69, 9.17) is 0 Å². The fourth-order valence-corrected chi connectivity index (χ4v) is 2.35. The van der Waals surface area contributed by atoms with Crippen LogP contribution < -0.4 is 5.11 Å². The zero-order chi connectivity index (χ0) is 12.9. The number of hydrogen-bond acceptors (Lipinski definition) is 3. The van der Waals surface area contributed by atoms with E-state index >= 15 is 0 Å². The molecule has 0 amide bonds. The van der Waals surface area contributed by atoms with Gasteiger partial charge < -0.3 is 5.11 Å². The molecule has 2 aromatic carbocycles. The molecular formula is C15H9O3-. The van der Waals surface area contributed by atoms with Gasteiger partial charge in [-0.1, -0.05) is 42.1 Å². The summed E-state index contributed by atoms with van der Waals surface area (Å²) in [5.74, 6) is -0.979. The first kappa shape index (κ1) is 10.7. The molecule has 88 valence electrons. The Morgan fingerprint density at radius 2 is 1.39 bits per heavy atom. The van der Waals surface area contributed by atoms with Crippen molar-refractivity contribution in [1.29, 1.82) is 0 Å². The molecular weight excluding hydrogens is 228 g/mol. The lowest BCUT2D eigenvalue weighted by Crippen LogP contribution is -2.23. The Hall–Kier alpha value is -2.42. The molecule has 0 N–H and O–H groups in total. The summed E-state index contributed by atoms with van der Waals surface area (Å²) in [6, 6.07) is 9.53.